The molecule has 0 atom stereocenters. The van der Waals surface area contributed by atoms with Crippen LogP contribution in [0.2, 0.25) is 0 Å². The molecule has 0 fully saturated rings. The minimum Gasteiger partial charge on any atom is -0.398 e. The number of aromatic nitrogens is 2. The molecule has 0 saturated carbocycles. The summed E-state index contributed by atoms with van der Waals surface area (Å²) in [7, 11) is 0. The first kappa shape index (κ1) is 19.4. The fraction of sp³-hybridized carbons (Fsp3) is 0.167. The Labute approximate surface area is 168 Å². The van der Waals surface area contributed by atoms with Crippen LogP contribution >= 0.6 is 27.7 Å². The molecule has 0 saturated heterocycles. The first-order valence-corrected chi connectivity index (χ1v) is 9.85. The smallest absolute Gasteiger partial charge is 0.216 e. The molecule has 4 N–H and O–H groups in total. The van der Waals surface area contributed by atoms with Crippen molar-refractivity contribution in [3.8, 4) is 0 Å². The largest absolute Gasteiger partial charge is 0.398 e. The first-order chi connectivity index (χ1) is 12.9. The Morgan fingerprint density at radius 1 is 1.30 bits per heavy atom. The highest BCUT2D eigenvalue weighted by Crippen LogP contribution is 2.33. The zero-order valence-corrected chi connectivity index (χ0v) is 16.8. The van der Waals surface area contributed by atoms with E-state index in [1.54, 1.807) is 18.2 Å². The minimum atomic E-state index is -0.394. The predicted octanol–water partition coefficient (Wildman–Crippen LogP) is 4.09. The second-order valence-corrected chi connectivity index (χ2v) is 7.76. The van der Waals surface area contributed by atoms with Crippen molar-refractivity contribution in [2.24, 2.45) is 0 Å². The molecule has 3 aromatic rings. The van der Waals surface area contributed by atoms with Crippen molar-refractivity contribution in [2.75, 3.05) is 23.3 Å². The van der Waals surface area contributed by atoms with Gasteiger partial charge in [-0.1, -0.05) is 15.9 Å². The molecule has 0 spiro atoms. The van der Waals surface area contributed by atoms with E-state index in [0.717, 1.165) is 4.90 Å². The third-order valence-electron chi connectivity index (χ3n) is 3.68. The number of rotatable bonds is 6. The van der Waals surface area contributed by atoms with E-state index in [9.17, 15) is 9.18 Å². The Hall–Kier alpha value is -2.39. The molecule has 0 aliphatic heterocycles. The Morgan fingerprint density at radius 2 is 2.11 bits per heavy atom. The molecule has 27 heavy (non-hydrogen) atoms. The molecular weight excluding hydrogens is 433 g/mol. The van der Waals surface area contributed by atoms with Crippen molar-refractivity contribution < 1.29 is 9.18 Å². The van der Waals surface area contributed by atoms with Crippen LogP contribution in [0.15, 0.2) is 46.0 Å². The summed E-state index contributed by atoms with van der Waals surface area (Å²) in [5, 5.41) is 6.44. The van der Waals surface area contributed by atoms with E-state index < -0.39 is 5.82 Å². The van der Waals surface area contributed by atoms with Gasteiger partial charge in [0.2, 0.25) is 5.91 Å². The van der Waals surface area contributed by atoms with Crippen LogP contribution in [-0.4, -0.2) is 28.2 Å². The standard InChI is InChI=1S/C18H17BrFN5OS/c1-10(26)22-4-5-27-17-8-16-12(7-14(17)21)18(24-9-23-16)25-15-3-2-11(19)6-13(15)20/h2-3,6-9H,4-5,21H2,1H3,(H,22,26)(H,23,24,25). The maximum Gasteiger partial charge on any atom is 0.216 e. The molecule has 0 aliphatic carbocycles. The molecule has 1 amide bonds. The molecule has 0 bridgehead atoms. The van der Waals surface area contributed by atoms with Crippen molar-refractivity contribution >= 4 is 61.7 Å². The third kappa shape index (κ3) is 4.86. The van der Waals surface area contributed by atoms with Crippen molar-refractivity contribution in [1.29, 1.82) is 0 Å². The quantitative estimate of drug-likeness (QED) is 0.298. The lowest BCUT2D eigenvalue weighted by Gasteiger charge is -2.12. The van der Waals surface area contributed by atoms with Gasteiger partial charge in [0.15, 0.2) is 0 Å². The van der Waals surface area contributed by atoms with Crippen LogP contribution in [0, 0.1) is 5.82 Å². The van der Waals surface area contributed by atoms with E-state index in [4.69, 9.17) is 5.73 Å². The molecule has 1 aromatic heterocycles. The molecule has 0 radical (unpaired) electrons. The maximum atomic E-state index is 14.1. The number of amides is 1. The second-order valence-electron chi connectivity index (χ2n) is 5.71. The van der Waals surface area contributed by atoms with Crippen LogP contribution in [0.3, 0.4) is 0 Å². The second kappa shape index (κ2) is 8.53. The molecule has 0 aliphatic rings. The van der Waals surface area contributed by atoms with Crippen molar-refractivity contribution in [1.82, 2.24) is 15.3 Å². The number of fused-ring (bicyclic) bond motifs is 1. The lowest BCUT2D eigenvalue weighted by molar-refractivity contribution is -0.118. The predicted molar refractivity (Wildman–Crippen MR) is 111 cm³/mol. The topological polar surface area (TPSA) is 92.9 Å². The molecule has 140 valence electrons. The molecule has 1 heterocycles. The lowest BCUT2D eigenvalue weighted by Crippen LogP contribution is -2.22. The normalized spacial score (nSPS) is 10.8. The van der Waals surface area contributed by atoms with E-state index in [1.165, 1.54) is 31.1 Å². The summed E-state index contributed by atoms with van der Waals surface area (Å²) >= 11 is 4.77. The average Bonchev–Trinajstić information content (AvgIpc) is 2.61. The van der Waals surface area contributed by atoms with E-state index in [1.807, 2.05) is 6.07 Å². The van der Waals surface area contributed by atoms with Gasteiger partial charge >= 0.3 is 0 Å². The number of nitrogen functional groups attached to an aromatic ring is 1. The van der Waals surface area contributed by atoms with E-state index in [2.05, 4.69) is 36.5 Å². The van der Waals surface area contributed by atoms with Crippen LogP contribution in [0.5, 0.6) is 0 Å². The van der Waals surface area contributed by atoms with Gasteiger partial charge in [0, 0.05) is 39.7 Å². The Balaban J connectivity index is 1.85. The monoisotopic (exact) mass is 449 g/mol. The summed E-state index contributed by atoms with van der Waals surface area (Å²) in [6, 6.07) is 8.39. The fourth-order valence-corrected chi connectivity index (χ4v) is 3.61. The molecule has 3 rings (SSSR count). The van der Waals surface area contributed by atoms with Crippen molar-refractivity contribution in [2.45, 2.75) is 11.8 Å². The zero-order chi connectivity index (χ0) is 19.4. The molecular formula is C18H17BrFN5OS. The number of hydrogen-bond acceptors (Lipinski definition) is 6. The molecule has 9 heteroatoms. The Kier molecular flexibility index (Phi) is 6.12. The van der Waals surface area contributed by atoms with Crippen LogP contribution in [0.4, 0.5) is 21.6 Å². The molecule has 2 aromatic carbocycles. The van der Waals surface area contributed by atoms with Gasteiger partial charge < -0.3 is 16.4 Å². The van der Waals surface area contributed by atoms with E-state index >= 15 is 0 Å². The maximum absolute atomic E-state index is 14.1. The van der Waals surface area contributed by atoms with Gasteiger partial charge in [0.1, 0.15) is 18.0 Å². The zero-order valence-electron chi connectivity index (χ0n) is 14.4. The highest BCUT2D eigenvalue weighted by Gasteiger charge is 2.11. The summed E-state index contributed by atoms with van der Waals surface area (Å²) in [5.74, 6) is 0.706. The summed E-state index contributed by atoms with van der Waals surface area (Å²) < 4.78 is 14.8. The van der Waals surface area contributed by atoms with Crippen LogP contribution in [0.25, 0.3) is 10.9 Å². The first-order valence-electron chi connectivity index (χ1n) is 8.07. The number of carbonyl (C=O) groups excluding carboxylic acids is 1. The molecule has 6 nitrogen and oxygen atoms in total. The number of nitrogens with zero attached hydrogens (tertiary/aromatic N) is 2. The van der Waals surface area contributed by atoms with Crippen LogP contribution in [-0.2, 0) is 4.79 Å². The van der Waals surface area contributed by atoms with Gasteiger partial charge in [-0.15, -0.1) is 11.8 Å². The number of nitrogens with two attached hydrogens (primary N) is 1. The van der Waals surface area contributed by atoms with E-state index in [0.29, 0.717) is 44.9 Å². The lowest BCUT2D eigenvalue weighted by atomic mass is 10.2. The molecule has 0 unspecified atom stereocenters. The number of nitrogens with one attached hydrogen (secondary N) is 2. The van der Waals surface area contributed by atoms with Crippen molar-refractivity contribution in [3.05, 3.63) is 46.9 Å². The summed E-state index contributed by atoms with van der Waals surface area (Å²) in [4.78, 5) is 20.3. The number of hydrogen-bond donors (Lipinski definition) is 3. The van der Waals surface area contributed by atoms with Gasteiger partial charge in [-0.2, -0.15) is 0 Å². The fourth-order valence-electron chi connectivity index (χ4n) is 2.43. The minimum absolute atomic E-state index is 0.0642. The highest BCUT2D eigenvalue weighted by molar-refractivity contribution is 9.10. The highest BCUT2D eigenvalue weighted by atomic mass is 79.9. The summed E-state index contributed by atoms with van der Waals surface area (Å²) in [6.45, 7) is 2.03. The van der Waals surface area contributed by atoms with Crippen LogP contribution in [0.1, 0.15) is 6.92 Å². The van der Waals surface area contributed by atoms with Gasteiger partial charge in [-0.3, -0.25) is 4.79 Å². The number of thioether (sulfide) groups is 1. The van der Waals surface area contributed by atoms with Crippen LogP contribution < -0.4 is 16.4 Å². The van der Waals surface area contributed by atoms with Gasteiger partial charge in [-0.25, -0.2) is 14.4 Å². The number of benzene rings is 2. The average molecular weight is 450 g/mol. The third-order valence-corrected chi connectivity index (χ3v) is 5.25. The van der Waals surface area contributed by atoms with E-state index in [-0.39, 0.29) is 5.91 Å². The number of halogens is 2. The van der Waals surface area contributed by atoms with Crippen molar-refractivity contribution in [3.63, 3.8) is 0 Å². The van der Waals surface area contributed by atoms with Gasteiger partial charge in [0.25, 0.3) is 0 Å². The number of anilines is 3. The summed E-state index contributed by atoms with van der Waals surface area (Å²) in [5.41, 5.74) is 7.75. The van der Waals surface area contributed by atoms with Gasteiger partial charge in [-0.05, 0) is 30.3 Å². The summed E-state index contributed by atoms with van der Waals surface area (Å²) in [6.07, 6.45) is 1.42. The number of carbonyl (C=O) groups is 1. The van der Waals surface area contributed by atoms with Gasteiger partial charge in [0.05, 0.1) is 11.2 Å². The SMILES string of the molecule is CC(=O)NCCSc1cc2ncnc(Nc3ccc(Br)cc3F)c2cc1N. The Bertz CT molecular complexity index is 1000. The Morgan fingerprint density at radius 3 is 2.85 bits per heavy atom.